The van der Waals surface area contributed by atoms with Gasteiger partial charge < -0.3 is 0 Å². The fourth-order valence-corrected chi connectivity index (χ4v) is 6.27. The number of aryl methyl sites for hydroxylation is 3. The summed E-state index contributed by atoms with van der Waals surface area (Å²) in [6.45, 7) is 5.17. The molecule has 3 nitrogen and oxygen atoms in total. The molecule has 0 saturated carbocycles. The Labute approximate surface area is 197 Å². The summed E-state index contributed by atoms with van der Waals surface area (Å²) < 4.78 is 69.6. The lowest BCUT2D eigenvalue weighted by atomic mass is 10.0. The fourth-order valence-electron chi connectivity index (χ4n) is 4.42. The fraction of sp³-hybridized carbons (Fsp3) is 0.185. The molecule has 0 bridgehead atoms. The Bertz CT molecular complexity index is 1450. The first kappa shape index (κ1) is 23.8. The second-order valence-corrected chi connectivity index (χ2v) is 10.2. The Morgan fingerprint density at radius 2 is 1.41 bits per heavy atom. The molecule has 0 aliphatic rings. The monoisotopic (exact) mass is 483 g/mol. The smallest absolute Gasteiger partial charge is 0.262 e. The number of sulfonamides is 1. The summed E-state index contributed by atoms with van der Waals surface area (Å²) in [6.07, 6.45) is -4.60. The number of fused-ring (bicyclic) bond motifs is 1. The Morgan fingerprint density at radius 1 is 0.794 bits per heavy atom. The van der Waals surface area contributed by atoms with Crippen molar-refractivity contribution in [1.82, 2.24) is 0 Å². The maximum absolute atomic E-state index is 14.0. The van der Waals surface area contributed by atoms with E-state index in [1.165, 1.54) is 12.1 Å². The quantitative estimate of drug-likeness (QED) is 0.302. The van der Waals surface area contributed by atoms with Crippen molar-refractivity contribution >= 4 is 26.5 Å². The van der Waals surface area contributed by atoms with Crippen molar-refractivity contribution in [3.8, 4) is 0 Å². The average Bonchev–Trinajstić information content (AvgIpc) is 2.76. The van der Waals surface area contributed by atoms with Gasteiger partial charge in [0.15, 0.2) is 0 Å². The minimum atomic E-state index is -4.60. The maximum Gasteiger partial charge on any atom is 0.416 e. The van der Waals surface area contributed by atoms with Gasteiger partial charge >= 0.3 is 6.18 Å². The van der Waals surface area contributed by atoms with Gasteiger partial charge in [-0.2, -0.15) is 13.2 Å². The zero-order chi connectivity index (χ0) is 24.7. The number of anilines is 1. The first-order valence-electron chi connectivity index (χ1n) is 10.7. The van der Waals surface area contributed by atoms with E-state index in [2.05, 4.69) is 0 Å². The molecule has 0 saturated heterocycles. The van der Waals surface area contributed by atoms with Gasteiger partial charge in [0.2, 0.25) is 0 Å². The normalized spacial score (nSPS) is 12.2. The predicted molar refractivity (Wildman–Crippen MR) is 129 cm³/mol. The van der Waals surface area contributed by atoms with Crippen LogP contribution in [0.15, 0.2) is 83.8 Å². The Kier molecular flexibility index (Phi) is 6.16. The molecule has 0 spiro atoms. The Hall–Kier alpha value is -3.32. The Balaban J connectivity index is 1.94. The predicted octanol–water partition coefficient (Wildman–Crippen LogP) is 7.18. The van der Waals surface area contributed by atoms with Crippen LogP contribution < -0.4 is 4.31 Å². The van der Waals surface area contributed by atoms with Crippen LogP contribution in [0, 0.1) is 20.8 Å². The summed E-state index contributed by atoms with van der Waals surface area (Å²) in [5.74, 6) is 0. The number of hydrogen-bond acceptors (Lipinski definition) is 2. The van der Waals surface area contributed by atoms with Gasteiger partial charge in [-0.3, -0.25) is 4.31 Å². The molecule has 0 amide bonds. The van der Waals surface area contributed by atoms with E-state index in [9.17, 15) is 21.6 Å². The van der Waals surface area contributed by atoms with E-state index in [0.29, 0.717) is 16.7 Å². The number of hydrogen-bond donors (Lipinski definition) is 0. The molecule has 4 aromatic rings. The van der Waals surface area contributed by atoms with Gasteiger partial charge in [0.25, 0.3) is 10.0 Å². The average molecular weight is 484 g/mol. The molecular formula is C27H24F3NO2S. The lowest BCUT2D eigenvalue weighted by molar-refractivity contribution is -0.137. The lowest BCUT2D eigenvalue weighted by Gasteiger charge is -2.27. The van der Waals surface area contributed by atoms with Crippen molar-refractivity contribution in [2.24, 2.45) is 0 Å². The summed E-state index contributed by atoms with van der Waals surface area (Å²) in [4.78, 5) is 0.107. The maximum atomic E-state index is 14.0. The zero-order valence-corrected chi connectivity index (χ0v) is 19.8. The molecule has 0 N–H and O–H groups in total. The van der Waals surface area contributed by atoms with Gasteiger partial charge in [-0.1, -0.05) is 66.2 Å². The van der Waals surface area contributed by atoms with Crippen LogP contribution >= 0.6 is 0 Å². The minimum absolute atomic E-state index is 0.0397. The van der Waals surface area contributed by atoms with Crippen molar-refractivity contribution in [3.63, 3.8) is 0 Å². The molecule has 0 atom stereocenters. The first-order chi connectivity index (χ1) is 16.0. The van der Waals surface area contributed by atoms with E-state index in [0.717, 1.165) is 32.8 Å². The van der Waals surface area contributed by atoms with Gasteiger partial charge in [0, 0.05) is 0 Å². The van der Waals surface area contributed by atoms with Gasteiger partial charge in [-0.25, -0.2) is 8.42 Å². The third-order valence-corrected chi connectivity index (χ3v) is 7.89. The van der Waals surface area contributed by atoms with E-state index < -0.39 is 21.8 Å². The van der Waals surface area contributed by atoms with Crippen molar-refractivity contribution < 1.29 is 21.6 Å². The lowest BCUT2D eigenvalue weighted by Crippen LogP contribution is -2.32. The molecular weight excluding hydrogens is 459 g/mol. The van der Waals surface area contributed by atoms with Crippen molar-refractivity contribution in [2.75, 3.05) is 4.31 Å². The van der Waals surface area contributed by atoms with Gasteiger partial charge in [0.1, 0.15) is 0 Å². The molecule has 0 fully saturated rings. The van der Waals surface area contributed by atoms with E-state index >= 15 is 0 Å². The van der Waals surface area contributed by atoms with Crippen molar-refractivity contribution in [2.45, 2.75) is 38.4 Å². The number of rotatable bonds is 5. The van der Waals surface area contributed by atoms with E-state index in [1.54, 1.807) is 32.0 Å². The summed E-state index contributed by atoms with van der Waals surface area (Å²) in [5.41, 5.74) is 1.76. The highest BCUT2D eigenvalue weighted by atomic mass is 32.2. The number of benzene rings is 4. The van der Waals surface area contributed by atoms with Crippen LogP contribution in [-0.2, 0) is 22.7 Å². The Morgan fingerprint density at radius 3 is 2.09 bits per heavy atom. The highest BCUT2D eigenvalue weighted by molar-refractivity contribution is 7.92. The molecule has 0 unspecified atom stereocenters. The molecule has 0 aliphatic carbocycles. The van der Waals surface area contributed by atoms with Crippen LogP contribution in [0.5, 0.6) is 0 Å². The van der Waals surface area contributed by atoms with Crippen LogP contribution in [0.3, 0.4) is 0 Å². The molecule has 34 heavy (non-hydrogen) atoms. The van der Waals surface area contributed by atoms with E-state index in [-0.39, 0.29) is 17.1 Å². The van der Waals surface area contributed by atoms with E-state index in [4.69, 9.17) is 0 Å². The summed E-state index contributed by atoms with van der Waals surface area (Å²) in [6, 6.07) is 21.0. The third kappa shape index (κ3) is 4.53. The standard InChI is InChI=1S/C27H24F3NO2S/c1-18-14-19(2)26(20(3)15-18)34(32,33)31(24-12-7-11-23(16-24)27(28,29)30)17-22-10-6-9-21-8-4-5-13-25(21)22/h4-16H,17H2,1-3H3. The molecule has 4 rings (SSSR count). The van der Waals surface area contributed by atoms with Gasteiger partial charge in [-0.05, 0) is 66.4 Å². The number of nitrogens with zero attached hydrogens (tertiary/aromatic N) is 1. The highest BCUT2D eigenvalue weighted by Crippen LogP contribution is 2.36. The van der Waals surface area contributed by atoms with Gasteiger partial charge in [-0.15, -0.1) is 0 Å². The molecule has 0 aromatic heterocycles. The van der Waals surface area contributed by atoms with Crippen LogP contribution in [0.2, 0.25) is 0 Å². The summed E-state index contributed by atoms with van der Waals surface area (Å²) in [7, 11) is -4.20. The largest absolute Gasteiger partial charge is 0.416 e. The van der Waals surface area contributed by atoms with E-state index in [1.807, 2.05) is 43.3 Å². The summed E-state index contributed by atoms with van der Waals surface area (Å²) in [5, 5.41) is 1.76. The van der Waals surface area contributed by atoms with Crippen LogP contribution in [0.4, 0.5) is 18.9 Å². The topological polar surface area (TPSA) is 37.4 Å². The molecule has 0 aliphatic heterocycles. The summed E-state index contributed by atoms with van der Waals surface area (Å²) >= 11 is 0. The first-order valence-corrected chi connectivity index (χ1v) is 12.2. The van der Waals surface area contributed by atoms with Crippen LogP contribution in [-0.4, -0.2) is 8.42 Å². The highest BCUT2D eigenvalue weighted by Gasteiger charge is 2.33. The second kappa shape index (κ2) is 8.80. The van der Waals surface area contributed by atoms with Crippen molar-refractivity contribution in [3.05, 3.63) is 107 Å². The van der Waals surface area contributed by atoms with Gasteiger partial charge in [0.05, 0.1) is 22.7 Å². The third-order valence-electron chi connectivity index (χ3n) is 5.81. The second-order valence-electron chi connectivity index (χ2n) is 8.43. The molecule has 0 heterocycles. The molecule has 4 aromatic carbocycles. The molecule has 0 radical (unpaired) electrons. The van der Waals surface area contributed by atoms with Crippen LogP contribution in [0.1, 0.15) is 27.8 Å². The molecule has 7 heteroatoms. The van der Waals surface area contributed by atoms with Crippen molar-refractivity contribution in [1.29, 1.82) is 0 Å². The number of alkyl halides is 3. The van der Waals surface area contributed by atoms with Crippen LogP contribution in [0.25, 0.3) is 10.8 Å². The zero-order valence-electron chi connectivity index (χ0n) is 19.0. The number of halogens is 3. The minimum Gasteiger partial charge on any atom is -0.262 e. The molecule has 176 valence electrons. The SMILES string of the molecule is Cc1cc(C)c(S(=O)(=O)N(Cc2cccc3ccccc23)c2cccc(C(F)(F)F)c2)c(C)c1.